The van der Waals surface area contributed by atoms with Gasteiger partial charge in [0.1, 0.15) is 17.5 Å². The molecular formula is C15H13F2N3. The van der Waals surface area contributed by atoms with Crippen LogP contribution in [0.5, 0.6) is 0 Å². The summed E-state index contributed by atoms with van der Waals surface area (Å²) in [5.74, 6) is -0.711. The molecule has 20 heavy (non-hydrogen) atoms. The molecule has 2 aromatic carbocycles. The number of benzene rings is 2. The number of fused-ring (bicyclic) bond motifs is 1. The summed E-state index contributed by atoms with van der Waals surface area (Å²) >= 11 is 0. The number of hydrogen-bond donors (Lipinski definition) is 1. The van der Waals surface area contributed by atoms with Crippen LogP contribution in [0.2, 0.25) is 0 Å². The number of halogens is 2. The lowest BCUT2D eigenvalue weighted by atomic mass is 10.2. The zero-order valence-electron chi connectivity index (χ0n) is 10.9. The lowest BCUT2D eigenvalue weighted by Crippen LogP contribution is -1.96. The fraction of sp³-hybridized carbons (Fsp3) is 0.133. The van der Waals surface area contributed by atoms with Gasteiger partial charge in [-0.3, -0.25) is 0 Å². The van der Waals surface area contributed by atoms with Crippen LogP contribution in [-0.2, 0) is 13.6 Å². The molecule has 5 heteroatoms. The van der Waals surface area contributed by atoms with E-state index in [2.05, 4.69) is 4.98 Å². The minimum atomic E-state index is -0.616. The van der Waals surface area contributed by atoms with Gasteiger partial charge in [0.15, 0.2) is 0 Å². The Hall–Kier alpha value is -2.27. The fourth-order valence-corrected chi connectivity index (χ4v) is 2.31. The number of nitrogens with two attached hydrogens (primary N) is 1. The van der Waals surface area contributed by atoms with E-state index in [9.17, 15) is 8.78 Å². The zero-order valence-corrected chi connectivity index (χ0v) is 10.9. The lowest BCUT2D eigenvalue weighted by molar-refractivity contribution is 0.584. The molecule has 0 spiro atoms. The second kappa shape index (κ2) is 4.68. The largest absolute Gasteiger partial charge is 0.327 e. The molecule has 0 fully saturated rings. The monoisotopic (exact) mass is 273 g/mol. The number of imidazole rings is 1. The van der Waals surface area contributed by atoms with Gasteiger partial charge in [-0.25, -0.2) is 13.8 Å². The van der Waals surface area contributed by atoms with Gasteiger partial charge in [-0.1, -0.05) is 6.07 Å². The summed E-state index contributed by atoms with van der Waals surface area (Å²) in [5.41, 5.74) is 8.63. The first kappa shape index (κ1) is 12.7. The molecule has 0 aliphatic carbocycles. The molecular weight excluding hydrogens is 260 g/mol. The summed E-state index contributed by atoms with van der Waals surface area (Å²) < 4.78 is 28.5. The van der Waals surface area contributed by atoms with Crippen LogP contribution < -0.4 is 5.73 Å². The van der Waals surface area contributed by atoms with E-state index in [1.807, 2.05) is 29.8 Å². The molecule has 0 saturated heterocycles. The van der Waals surface area contributed by atoms with Crippen molar-refractivity contribution in [2.45, 2.75) is 6.54 Å². The Bertz CT molecular complexity index is 773. The Labute approximate surface area is 114 Å². The highest BCUT2D eigenvalue weighted by Crippen LogP contribution is 2.25. The average molecular weight is 273 g/mol. The number of nitrogens with zero attached hydrogens (tertiary/aromatic N) is 2. The van der Waals surface area contributed by atoms with Crippen LogP contribution in [0.25, 0.3) is 22.4 Å². The SMILES string of the molecule is Cn1c(-c2cc(F)cc(F)c2)nc2cc(CN)ccc21. The minimum Gasteiger partial charge on any atom is -0.327 e. The molecule has 0 aliphatic rings. The number of rotatable bonds is 2. The molecule has 0 radical (unpaired) electrons. The molecule has 1 aromatic heterocycles. The summed E-state index contributed by atoms with van der Waals surface area (Å²) in [6.45, 7) is 0.427. The molecule has 0 amide bonds. The van der Waals surface area contributed by atoms with Crippen molar-refractivity contribution < 1.29 is 8.78 Å². The van der Waals surface area contributed by atoms with Crippen LogP contribution in [0, 0.1) is 11.6 Å². The van der Waals surface area contributed by atoms with E-state index in [1.54, 1.807) is 0 Å². The first-order chi connectivity index (χ1) is 9.58. The fourth-order valence-electron chi connectivity index (χ4n) is 2.31. The predicted octanol–water partition coefficient (Wildman–Crippen LogP) is 2.98. The predicted molar refractivity (Wildman–Crippen MR) is 74.0 cm³/mol. The summed E-state index contributed by atoms with van der Waals surface area (Å²) in [4.78, 5) is 4.45. The molecule has 0 atom stereocenters. The Kier molecular flexibility index (Phi) is 2.99. The first-order valence-corrected chi connectivity index (χ1v) is 6.20. The third-order valence-electron chi connectivity index (χ3n) is 3.30. The van der Waals surface area contributed by atoms with Gasteiger partial charge in [-0.15, -0.1) is 0 Å². The molecule has 1 heterocycles. The van der Waals surface area contributed by atoms with Crippen molar-refractivity contribution >= 4 is 11.0 Å². The smallest absolute Gasteiger partial charge is 0.141 e. The van der Waals surface area contributed by atoms with Crippen LogP contribution in [0.1, 0.15) is 5.56 Å². The maximum atomic E-state index is 13.3. The van der Waals surface area contributed by atoms with E-state index in [4.69, 9.17) is 5.73 Å². The Balaban J connectivity index is 2.23. The van der Waals surface area contributed by atoms with Gasteiger partial charge in [-0.05, 0) is 29.8 Å². The van der Waals surface area contributed by atoms with Gasteiger partial charge >= 0.3 is 0 Å². The van der Waals surface area contributed by atoms with Crippen LogP contribution in [-0.4, -0.2) is 9.55 Å². The van der Waals surface area contributed by atoms with E-state index >= 15 is 0 Å². The highest BCUT2D eigenvalue weighted by molar-refractivity contribution is 5.81. The summed E-state index contributed by atoms with van der Waals surface area (Å²) in [6.07, 6.45) is 0. The van der Waals surface area contributed by atoms with E-state index in [0.29, 0.717) is 17.9 Å². The molecule has 0 aliphatic heterocycles. The van der Waals surface area contributed by atoms with Crippen molar-refractivity contribution in [1.29, 1.82) is 0 Å². The summed E-state index contributed by atoms with van der Waals surface area (Å²) in [6, 6.07) is 9.10. The van der Waals surface area contributed by atoms with E-state index in [-0.39, 0.29) is 0 Å². The van der Waals surface area contributed by atoms with Crippen molar-refractivity contribution in [2.75, 3.05) is 0 Å². The van der Waals surface area contributed by atoms with Crippen molar-refractivity contribution in [1.82, 2.24) is 9.55 Å². The third kappa shape index (κ3) is 2.06. The van der Waals surface area contributed by atoms with Crippen LogP contribution in [0.3, 0.4) is 0 Å². The second-order valence-electron chi connectivity index (χ2n) is 4.68. The molecule has 2 N–H and O–H groups in total. The topological polar surface area (TPSA) is 43.8 Å². The quantitative estimate of drug-likeness (QED) is 0.780. The highest BCUT2D eigenvalue weighted by Gasteiger charge is 2.12. The third-order valence-corrected chi connectivity index (χ3v) is 3.30. The maximum Gasteiger partial charge on any atom is 0.141 e. The maximum absolute atomic E-state index is 13.3. The molecule has 3 aromatic rings. The van der Waals surface area contributed by atoms with Crippen molar-refractivity contribution in [3.8, 4) is 11.4 Å². The molecule has 3 nitrogen and oxygen atoms in total. The van der Waals surface area contributed by atoms with E-state index in [1.165, 1.54) is 12.1 Å². The normalized spacial score (nSPS) is 11.2. The van der Waals surface area contributed by atoms with Gasteiger partial charge in [0.2, 0.25) is 0 Å². The Morgan fingerprint density at radius 2 is 1.80 bits per heavy atom. The van der Waals surface area contributed by atoms with Crippen molar-refractivity contribution in [3.63, 3.8) is 0 Å². The molecule has 3 rings (SSSR count). The molecule has 0 bridgehead atoms. The summed E-state index contributed by atoms with van der Waals surface area (Å²) in [7, 11) is 1.82. The average Bonchev–Trinajstić information content (AvgIpc) is 2.74. The number of aromatic nitrogens is 2. The van der Waals surface area contributed by atoms with Gasteiger partial charge in [0.25, 0.3) is 0 Å². The van der Waals surface area contributed by atoms with Gasteiger partial charge in [0.05, 0.1) is 11.0 Å². The van der Waals surface area contributed by atoms with Crippen molar-refractivity contribution in [2.24, 2.45) is 12.8 Å². The lowest BCUT2D eigenvalue weighted by Gasteiger charge is -2.03. The first-order valence-electron chi connectivity index (χ1n) is 6.20. The van der Waals surface area contributed by atoms with E-state index in [0.717, 1.165) is 22.7 Å². The minimum absolute atomic E-state index is 0.412. The van der Waals surface area contributed by atoms with Crippen LogP contribution in [0.4, 0.5) is 8.78 Å². The number of hydrogen-bond acceptors (Lipinski definition) is 2. The summed E-state index contributed by atoms with van der Waals surface area (Å²) in [5, 5.41) is 0. The molecule has 0 unspecified atom stereocenters. The highest BCUT2D eigenvalue weighted by atomic mass is 19.1. The standard InChI is InChI=1S/C15H13F2N3/c1-20-14-3-2-9(8-18)4-13(14)19-15(20)10-5-11(16)7-12(17)6-10/h2-7H,8,18H2,1H3. The van der Waals surface area contributed by atoms with Gasteiger partial charge < -0.3 is 10.3 Å². The molecule has 0 saturated carbocycles. The Morgan fingerprint density at radius 3 is 2.45 bits per heavy atom. The van der Waals surface area contributed by atoms with Gasteiger partial charge in [0, 0.05) is 25.2 Å². The second-order valence-corrected chi connectivity index (χ2v) is 4.68. The van der Waals surface area contributed by atoms with Crippen LogP contribution in [0.15, 0.2) is 36.4 Å². The Morgan fingerprint density at radius 1 is 1.10 bits per heavy atom. The number of aryl methyl sites for hydroxylation is 1. The van der Waals surface area contributed by atoms with Crippen molar-refractivity contribution in [3.05, 3.63) is 53.6 Å². The van der Waals surface area contributed by atoms with E-state index < -0.39 is 11.6 Å². The molecule has 102 valence electrons. The van der Waals surface area contributed by atoms with Crippen LogP contribution >= 0.6 is 0 Å². The van der Waals surface area contributed by atoms with Gasteiger partial charge in [-0.2, -0.15) is 0 Å². The zero-order chi connectivity index (χ0) is 14.3.